The molecule has 1 aliphatic rings. The van der Waals surface area contributed by atoms with Crippen molar-refractivity contribution in [3.8, 4) is 5.75 Å². The zero-order chi connectivity index (χ0) is 9.42. The Balaban J connectivity index is 2.28. The lowest BCUT2D eigenvalue weighted by Gasteiger charge is -2.12. The van der Waals surface area contributed by atoms with Crippen LogP contribution < -0.4 is 5.73 Å². The van der Waals surface area contributed by atoms with Gasteiger partial charge in [-0.15, -0.1) is 0 Å². The van der Waals surface area contributed by atoms with Gasteiger partial charge < -0.3 is 10.8 Å². The lowest BCUT2D eigenvalue weighted by molar-refractivity contribution is 0.474. The van der Waals surface area contributed by atoms with E-state index in [2.05, 4.69) is 0 Å². The van der Waals surface area contributed by atoms with Crippen LogP contribution in [0, 0.1) is 5.92 Å². The van der Waals surface area contributed by atoms with Crippen molar-refractivity contribution in [1.82, 2.24) is 0 Å². The molecule has 2 rings (SSSR count). The predicted octanol–water partition coefficient (Wildman–Crippen LogP) is 2.46. The van der Waals surface area contributed by atoms with Gasteiger partial charge in [0.25, 0.3) is 0 Å². The molecule has 0 aromatic heterocycles. The summed E-state index contributed by atoms with van der Waals surface area (Å²) in [6.45, 7) is 0. The average molecular weight is 198 g/mol. The summed E-state index contributed by atoms with van der Waals surface area (Å²) < 4.78 is 0. The molecule has 0 amide bonds. The van der Waals surface area contributed by atoms with Gasteiger partial charge in [0.15, 0.2) is 0 Å². The van der Waals surface area contributed by atoms with E-state index in [1.54, 1.807) is 18.2 Å². The molecule has 0 saturated heterocycles. The maximum atomic E-state index is 9.15. The van der Waals surface area contributed by atoms with Crippen molar-refractivity contribution in [1.29, 1.82) is 0 Å². The van der Waals surface area contributed by atoms with Gasteiger partial charge in [-0.3, -0.25) is 0 Å². The highest BCUT2D eigenvalue weighted by Crippen LogP contribution is 2.41. The fourth-order valence-electron chi connectivity index (χ4n) is 1.50. The Kier molecular flexibility index (Phi) is 2.18. The topological polar surface area (TPSA) is 46.2 Å². The third-order valence-electron chi connectivity index (χ3n) is 2.47. The number of hydrogen-bond donors (Lipinski definition) is 2. The smallest absolute Gasteiger partial charge is 0.117 e. The average Bonchev–Trinajstić information content (AvgIpc) is 2.85. The van der Waals surface area contributed by atoms with Crippen LogP contribution in [0.1, 0.15) is 24.4 Å². The van der Waals surface area contributed by atoms with Gasteiger partial charge in [-0.05, 0) is 36.5 Å². The summed E-state index contributed by atoms with van der Waals surface area (Å²) in [6, 6.07) is 5.01. The molecular formula is C10H12ClNO. The third kappa shape index (κ3) is 1.79. The molecule has 1 aromatic carbocycles. The summed E-state index contributed by atoms with van der Waals surface area (Å²) in [5.74, 6) is 0.777. The number of hydrogen-bond acceptors (Lipinski definition) is 2. The van der Waals surface area contributed by atoms with Crippen molar-refractivity contribution >= 4 is 11.6 Å². The van der Waals surface area contributed by atoms with Crippen molar-refractivity contribution in [3.63, 3.8) is 0 Å². The maximum absolute atomic E-state index is 9.15. The van der Waals surface area contributed by atoms with Crippen LogP contribution in [0.25, 0.3) is 0 Å². The number of aromatic hydroxyl groups is 1. The highest BCUT2D eigenvalue weighted by atomic mass is 35.5. The Hall–Kier alpha value is -0.730. The zero-order valence-electron chi connectivity index (χ0n) is 7.20. The van der Waals surface area contributed by atoms with Crippen LogP contribution in [0.3, 0.4) is 0 Å². The van der Waals surface area contributed by atoms with Crippen LogP contribution in [0.15, 0.2) is 18.2 Å². The molecule has 2 nitrogen and oxygen atoms in total. The standard InChI is InChI=1S/C10H12ClNO/c11-9-5-7(13)3-4-8(9)10(12)6-1-2-6/h3-6,10,13H,1-2,12H2/t10-/m0/s1. The summed E-state index contributed by atoms with van der Waals surface area (Å²) in [5, 5.41) is 9.72. The number of phenolic OH excluding ortho intramolecular Hbond substituents is 1. The molecule has 70 valence electrons. The first kappa shape index (κ1) is 8.85. The molecule has 1 saturated carbocycles. The zero-order valence-corrected chi connectivity index (χ0v) is 7.96. The molecule has 3 heteroatoms. The van der Waals surface area contributed by atoms with Crippen molar-refractivity contribution in [2.24, 2.45) is 11.7 Å². The van der Waals surface area contributed by atoms with E-state index >= 15 is 0 Å². The lowest BCUT2D eigenvalue weighted by Crippen LogP contribution is -2.12. The van der Waals surface area contributed by atoms with E-state index in [9.17, 15) is 0 Å². The number of phenols is 1. The molecule has 0 bridgehead atoms. The van der Waals surface area contributed by atoms with Crippen molar-refractivity contribution in [2.75, 3.05) is 0 Å². The lowest BCUT2D eigenvalue weighted by atomic mass is 10.0. The van der Waals surface area contributed by atoms with Crippen LogP contribution in [0.4, 0.5) is 0 Å². The maximum Gasteiger partial charge on any atom is 0.117 e. The molecular weight excluding hydrogens is 186 g/mol. The monoisotopic (exact) mass is 197 g/mol. The Morgan fingerprint density at radius 3 is 2.69 bits per heavy atom. The molecule has 0 radical (unpaired) electrons. The Labute approximate surface area is 82.3 Å². The second-order valence-corrected chi connectivity index (χ2v) is 3.98. The first-order valence-corrected chi connectivity index (χ1v) is 4.80. The van der Waals surface area contributed by atoms with Gasteiger partial charge >= 0.3 is 0 Å². The molecule has 3 N–H and O–H groups in total. The van der Waals surface area contributed by atoms with Crippen LogP contribution in [0.2, 0.25) is 5.02 Å². The molecule has 0 aliphatic heterocycles. The summed E-state index contributed by atoms with van der Waals surface area (Å²) in [4.78, 5) is 0. The van der Waals surface area contributed by atoms with Crippen LogP contribution in [-0.4, -0.2) is 5.11 Å². The second-order valence-electron chi connectivity index (χ2n) is 3.57. The molecule has 0 spiro atoms. The Bertz CT molecular complexity index is 323. The molecule has 1 aromatic rings. The van der Waals surface area contributed by atoms with Gasteiger partial charge in [0.05, 0.1) is 0 Å². The highest BCUT2D eigenvalue weighted by molar-refractivity contribution is 6.31. The van der Waals surface area contributed by atoms with Gasteiger partial charge in [-0.1, -0.05) is 17.7 Å². The minimum absolute atomic E-state index is 0.0353. The summed E-state index contributed by atoms with van der Waals surface area (Å²) in [7, 11) is 0. The SMILES string of the molecule is N[C@H](c1ccc(O)cc1Cl)C1CC1. The summed E-state index contributed by atoms with van der Waals surface area (Å²) in [5.41, 5.74) is 6.93. The van der Waals surface area contributed by atoms with Crippen LogP contribution >= 0.6 is 11.6 Å². The summed E-state index contributed by atoms with van der Waals surface area (Å²) >= 11 is 5.96. The Morgan fingerprint density at radius 2 is 2.15 bits per heavy atom. The molecule has 1 atom stereocenters. The number of rotatable bonds is 2. The van der Waals surface area contributed by atoms with Gasteiger partial charge in [-0.25, -0.2) is 0 Å². The molecule has 0 unspecified atom stereocenters. The predicted molar refractivity (Wildman–Crippen MR) is 52.8 cm³/mol. The van der Waals surface area contributed by atoms with E-state index in [0.29, 0.717) is 10.9 Å². The largest absolute Gasteiger partial charge is 0.508 e. The molecule has 0 heterocycles. The fraction of sp³-hybridized carbons (Fsp3) is 0.400. The van der Waals surface area contributed by atoms with E-state index in [-0.39, 0.29) is 11.8 Å². The normalized spacial score (nSPS) is 18.6. The minimum atomic E-state index is 0.0353. The second kappa shape index (κ2) is 3.20. The van der Waals surface area contributed by atoms with E-state index in [0.717, 1.165) is 5.56 Å². The fourth-order valence-corrected chi connectivity index (χ4v) is 1.80. The van der Waals surface area contributed by atoms with Gasteiger partial charge in [-0.2, -0.15) is 0 Å². The molecule has 1 aliphatic carbocycles. The van der Waals surface area contributed by atoms with Crippen LogP contribution in [-0.2, 0) is 0 Å². The quantitative estimate of drug-likeness (QED) is 0.765. The van der Waals surface area contributed by atoms with Crippen molar-refractivity contribution in [3.05, 3.63) is 28.8 Å². The minimum Gasteiger partial charge on any atom is -0.508 e. The van der Waals surface area contributed by atoms with Gasteiger partial charge in [0.1, 0.15) is 5.75 Å². The van der Waals surface area contributed by atoms with Gasteiger partial charge in [0.2, 0.25) is 0 Å². The first-order chi connectivity index (χ1) is 6.18. The van der Waals surface area contributed by atoms with Gasteiger partial charge in [0, 0.05) is 11.1 Å². The highest BCUT2D eigenvalue weighted by Gasteiger charge is 2.30. The third-order valence-corrected chi connectivity index (χ3v) is 2.80. The number of benzene rings is 1. The Morgan fingerprint density at radius 1 is 1.46 bits per heavy atom. The van der Waals surface area contributed by atoms with E-state index < -0.39 is 0 Å². The van der Waals surface area contributed by atoms with Crippen molar-refractivity contribution in [2.45, 2.75) is 18.9 Å². The van der Waals surface area contributed by atoms with E-state index in [4.69, 9.17) is 22.4 Å². The summed E-state index contributed by atoms with van der Waals surface area (Å²) in [6.07, 6.45) is 2.39. The first-order valence-electron chi connectivity index (χ1n) is 4.42. The van der Waals surface area contributed by atoms with E-state index in [1.165, 1.54) is 12.8 Å². The number of nitrogens with two attached hydrogens (primary N) is 1. The molecule has 1 fully saturated rings. The number of halogens is 1. The molecule has 13 heavy (non-hydrogen) atoms. The van der Waals surface area contributed by atoms with E-state index in [1.807, 2.05) is 0 Å². The van der Waals surface area contributed by atoms with Crippen molar-refractivity contribution < 1.29 is 5.11 Å². The van der Waals surface area contributed by atoms with Crippen LogP contribution in [0.5, 0.6) is 5.75 Å².